The molecule has 2 rings (SSSR count). The molecule has 0 bridgehead atoms. The highest BCUT2D eigenvalue weighted by molar-refractivity contribution is 5.81. The van der Waals surface area contributed by atoms with Crippen molar-refractivity contribution in [2.24, 2.45) is 11.8 Å². The first kappa shape index (κ1) is 11.0. The van der Waals surface area contributed by atoms with Gasteiger partial charge < -0.3 is 4.57 Å². The normalized spacial score (nSPS) is 14.0. The molecule has 0 N–H and O–H groups in total. The van der Waals surface area contributed by atoms with Gasteiger partial charge in [-0.1, -0.05) is 45.0 Å². The van der Waals surface area contributed by atoms with Gasteiger partial charge in [-0.3, -0.25) is 0 Å². The molecule has 0 aliphatic rings. The number of hydrogen-bond acceptors (Lipinski definition) is 0. The summed E-state index contributed by atoms with van der Waals surface area (Å²) in [7, 11) is 0. The van der Waals surface area contributed by atoms with E-state index < -0.39 is 0 Å². The van der Waals surface area contributed by atoms with Crippen molar-refractivity contribution in [3.63, 3.8) is 0 Å². The van der Waals surface area contributed by atoms with Gasteiger partial charge in [-0.25, -0.2) is 0 Å². The van der Waals surface area contributed by atoms with Crippen LogP contribution in [0.15, 0.2) is 42.6 Å². The third-order valence-corrected chi connectivity index (χ3v) is 3.23. The van der Waals surface area contributed by atoms with E-state index in [-0.39, 0.29) is 0 Å². The molecule has 0 spiro atoms. The molecule has 1 atom stereocenters. The van der Waals surface area contributed by atoms with Gasteiger partial charge >= 0.3 is 0 Å². The minimum Gasteiger partial charge on any atom is -0.324 e. The molecule has 1 unspecified atom stereocenters. The first-order chi connectivity index (χ1) is 7.68. The van der Waals surface area contributed by atoms with Crippen LogP contribution in [0.2, 0.25) is 0 Å². The Morgan fingerprint density at radius 1 is 1.06 bits per heavy atom. The van der Waals surface area contributed by atoms with Crippen molar-refractivity contribution in [2.75, 3.05) is 0 Å². The van der Waals surface area contributed by atoms with E-state index in [9.17, 15) is 0 Å². The number of allylic oxidation sites excluding steroid dienone is 1. The SMILES string of the molecule is CC(C)C(C)/C=C/n1ccc2ccccc21. The lowest BCUT2D eigenvalue weighted by molar-refractivity contribution is 0.505. The van der Waals surface area contributed by atoms with Gasteiger partial charge in [0.05, 0.1) is 5.52 Å². The lowest BCUT2D eigenvalue weighted by atomic mass is 9.98. The quantitative estimate of drug-likeness (QED) is 0.712. The molecule has 2 aromatic rings. The maximum Gasteiger partial charge on any atom is 0.0522 e. The van der Waals surface area contributed by atoms with Crippen LogP contribution in [0.3, 0.4) is 0 Å². The molecule has 0 amide bonds. The van der Waals surface area contributed by atoms with Crippen molar-refractivity contribution < 1.29 is 0 Å². The fourth-order valence-electron chi connectivity index (χ4n) is 1.69. The summed E-state index contributed by atoms with van der Waals surface area (Å²) in [6.45, 7) is 6.76. The predicted octanol–water partition coefficient (Wildman–Crippen LogP) is 4.40. The van der Waals surface area contributed by atoms with E-state index in [0.29, 0.717) is 11.8 Å². The molecule has 1 aromatic heterocycles. The van der Waals surface area contributed by atoms with E-state index in [1.54, 1.807) is 0 Å². The van der Waals surface area contributed by atoms with E-state index in [0.717, 1.165) is 0 Å². The summed E-state index contributed by atoms with van der Waals surface area (Å²) in [6, 6.07) is 10.6. The Morgan fingerprint density at radius 2 is 1.81 bits per heavy atom. The van der Waals surface area contributed by atoms with Gasteiger partial charge in [0.25, 0.3) is 0 Å². The van der Waals surface area contributed by atoms with Crippen LogP contribution in [-0.2, 0) is 0 Å². The van der Waals surface area contributed by atoms with Crippen LogP contribution >= 0.6 is 0 Å². The number of fused-ring (bicyclic) bond motifs is 1. The zero-order valence-electron chi connectivity index (χ0n) is 10.2. The molecular weight excluding hydrogens is 194 g/mol. The molecular formula is C15H19N. The number of rotatable bonds is 3. The summed E-state index contributed by atoms with van der Waals surface area (Å²) < 4.78 is 2.19. The Labute approximate surface area is 97.4 Å². The highest BCUT2D eigenvalue weighted by Gasteiger charge is 2.02. The Morgan fingerprint density at radius 3 is 2.56 bits per heavy atom. The topological polar surface area (TPSA) is 4.93 Å². The molecule has 0 aliphatic heterocycles. The van der Waals surface area contributed by atoms with Crippen molar-refractivity contribution in [3.8, 4) is 0 Å². The highest BCUT2D eigenvalue weighted by Crippen LogP contribution is 2.17. The average molecular weight is 213 g/mol. The van der Waals surface area contributed by atoms with Gasteiger partial charge in [0.15, 0.2) is 0 Å². The smallest absolute Gasteiger partial charge is 0.0522 e. The van der Waals surface area contributed by atoms with E-state index in [1.807, 2.05) is 0 Å². The number of benzene rings is 1. The minimum absolute atomic E-state index is 0.612. The Balaban J connectivity index is 2.28. The van der Waals surface area contributed by atoms with E-state index in [1.165, 1.54) is 10.9 Å². The van der Waals surface area contributed by atoms with Gasteiger partial charge in [0.2, 0.25) is 0 Å². The van der Waals surface area contributed by atoms with Crippen molar-refractivity contribution in [2.45, 2.75) is 20.8 Å². The number of nitrogens with zero attached hydrogens (tertiary/aromatic N) is 1. The van der Waals surface area contributed by atoms with Crippen molar-refractivity contribution in [1.29, 1.82) is 0 Å². The van der Waals surface area contributed by atoms with Crippen LogP contribution in [-0.4, -0.2) is 4.57 Å². The molecule has 0 radical (unpaired) electrons. The van der Waals surface area contributed by atoms with Gasteiger partial charge in [0, 0.05) is 12.4 Å². The fourth-order valence-corrected chi connectivity index (χ4v) is 1.69. The Bertz CT molecular complexity index is 491. The fraction of sp³-hybridized carbons (Fsp3) is 0.333. The maximum absolute atomic E-state index is 2.27. The minimum atomic E-state index is 0.612. The summed E-state index contributed by atoms with van der Waals surface area (Å²) in [5, 5.41) is 1.30. The molecule has 16 heavy (non-hydrogen) atoms. The van der Waals surface area contributed by atoms with Gasteiger partial charge in [0.1, 0.15) is 0 Å². The summed E-state index contributed by atoms with van der Waals surface area (Å²) in [5.41, 5.74) is 1.27. The van der Waals surface area contributed by atoms with Gasteiger partial charge in [-0.2, -0.15) is 0 Å². The van der Waals surface area contributed by atoms with Crippen LogP contribution in [0.1, 0.15) is 20.8 Å². The van der Waals surface area contributed by atoms with Gasteiger partial charge in [-0.05, 0) is 29.4 Å². The van der Waals surface area contributed by atoms with Crippen LogP contribution in [0, 0.1) is 11.8 Å². The second-order valence-electron chi connectivity index (χ2n) is 4.73. The summed E-state index contributed by atoms with van der Waals surface area (Å²) in [4.78, 5) is 0. The summed E-state index contributed by atoms with van der Waals surface area (Å²) in [6.07, 6.45) is 6.57. The second kappa shape index (κ2) is 4.56. The van der Waals surface area contributed by atoms with E-state index in [4.69, 9.17) is 0 Å². The Kier molecular flexibility index (Phi) is 3.14. The van der Waals surface area contributed by atoms with Crippen molar-refractivity contribution in [1.82, 2.24) is 4.57 Å². The van der Waals surface area contributed by atoms with Crippen LogP contribution in [0.5, 0.6) is 0 Å². The van der Waals surface area contributed by atoms with E-state index >= 15 is 0 Å². The van der Waals surface area contributed by atoms with Crippen LogP contribution in [0.4, 0.5) is 0 Å². The molecule has 1 aromatic carbocycles. The van der Waals surface area contributed by atoms with Gasteiger partial charge in [-0.15, -0.1) is 0 Å². The predicted molar refractivity (Wildman–Crippen MR) is 71.3 cm³/mol. The monoisotopic (exact) mass is 213 g/mol. The summed E-state index contributed by atoms with van der Waals surface area (Å²) >= 11 is 0. The molecule has 1 nitrogen and oxygen atoms in total. The molecule has 1 heterocycles. The first-order valence-corrected chi connectivity index (χ1v) is 5.92. The van der Waals surface area contributed by atoms with Crippen LogP contribution in [0.25, 0.3) is 17.1 Å². The molecule has 0 fully saturated rings. The first-order valence-electron chi connectivity index (χ1n) is 5.92. The zero-order valence-corrected chi connectivity index (χ0v) is 10.2. The average Bonchev–Trinajstić information content (AvgIpc) is 2.69. The largest absolute Gasteiger partial charge is 0.324 e. The third-order valence-electron chi connectivity index (χ3n) is 3.23. The Hall–Kier alpha value is -1.50. The van der Waals surface area contributed by atoms with Crippen molar-refractivity contribution in [3.05, 3.63) is 42.6 Å². The van der Waals surface area contributed by atoms with E-state index in [2.05, 4.69) is 74.1 Å². The number of aromatic nitrogens is 1. The molecule has 0 saturated heterocycles. The maximum atomic E-state index is 2.27. The molecule has 84 valence electrons. The molecule has 0 saturated carbocycles. The zero-order chi connectivity index (χ0) is 11.5. The standard InChI is InChI=1S/C15H19N/c1-12(2)13(3)8-10-16-11-9-14-6-4-5-7-15(14)16/h4-13H,1-3H3/b10-8+. The van der Waals surface area contributed by atoms with Crippen molar-refractivity contribution >= 4 is 17.1 Å². The second-order valence-corrected chi connectivity index (χ2v) is 4.73. The number of para-hydroxylation sites is 1. The highest BCUT2D eigenvalue weighted by atomic mass is 14.9. The third kappa shape index (κ3) is 2.19. The lowest BCUT2D eigenvalue weighted by Gasteiger charge is -2.09. The van der Waals surface area contributed by atoms with Crippen LogP contribution < -0.4 is 0 Å². The number of hydrogen-bond donors (Lipinski definition) is 0. The lowest BCUT2D eigenvalue weighted by Crippen LogP contribution is -1.99. The molecule has 1 heteroatoms. The molecule has 0 aliphatic carbocycles. The summed E-state index contributed by atoms with van der Waals surface area (Å²) in [5.74, 6) is 1.30.